The molecule has 0 fully saturated rings. The molecular weight excluding hydrogens is 396 g/mol. The average molecular weight is 414 g/mol. The Balaban J connectivity index is 1.58. The number of hydrogen-bond donors (Lipinski definition) is 0. The van der Waals surface area contributed by atoms with Crippen molar-refractivity contribution in [2.75, 3.05) is 0 Å². The molecule has 1 atom stereocenters. The average Bonchev–Trinajstić information content (AvgIpc) is 3.14. The van der Waals surface area contributed by atoms with Crippen molar-refractivity contribution in [2.24, 2.45) is 13.0 Å². The van der Waals surface area contributed by atoms with Crippen molar-refractivity contribution in [3.8, 4) is 11.4 Å². The second-order valence-electron chi connectivity index (χ2n) is 7.83. The number of nitrogens with zero attached hydrogens (tertiary/aromatic N) is 2. The van der Waals surface area contributed by atoms with Crippen molar-refractivity contribution in [1.29, 1.82) is 0 Å². The Morgan fingerprint density at radius 2 is 1.39 bits per heavy atom. The maximum atomic E-state index is 13.0. The van der Waals surface area contributed by atoms with Crippen molar-refractivity contribution in [1.82, 2.24) is 9.13 Å². The van der Waals surface area contributed by atoms with E-state index in [2.05, 4.69) is 13.0 Å². The van der Waals surface area contributed by atoms with Gasteiger partial charge in [0.25, 0.3) is 22.2 Å². The molecule has 2 aromatic carbocycles. The highest BCUT2D eigenvalue weighted by Crippen LogP contribution is 2.22. The van der Waals surface area contributed by atoms with E-state index in [0.29, 0.717) is 17.4 Å². The van der Waals surface area contributed by atoms with Gasteiger partial charge in [-0.3, -0.25) is 23.7 Å². The molecule has 0 radical (unpaired) electrons. The van der Waals surface area contributed by atoms with Gasteiger partial charge in [-0.15, -0.1) is 0 Å². The molecule has 0 N–H and O–H groups in total. The summed E-state index contributed by atoms with van der Waals surface area (Å²) in [6.07, 6.45) is 6.92. The lowest BCUT2D eigenvalue weighted by molar-refractivity contribution is 0.435. The van der Waals surface area contributed by atoms with Gasteiger partial charge in [-0.25, -0.2) is 4.57 Å². The van der Waals surface area contributed by atoms with Gasteiger partial charge >= 0.3 is 0 Å². The van der Waals surface area contributed by atoms with Gasteiger partial charge in [-0.1, -0.05) is 13.0 Å². The fraction of sp³-hybridized carbons (Fsp3) is 0.167. The van der Waals surface area contributed by atoms with Crippen LogP contribution in [0.1, 0.15) is 13.3 Å². The molecule has 31 heavy (non-hydrogen) atoms. The van der Waals surface area contributed by atoms with E-state index in [1.54, 1.807) is 24.3 Å². The summed E-state index contributed by atoms with van der Waals surface area (Å²) in [4.78, 5) is 50.4. The third-order valence-electron chi connectivity index (χ3n) is 5.71. The third-order valence-corrected chi connectivity index (χ3v) is 5.71. The molecule has 1 aliphatic rings. The predicted molar refractivity (Wildman–Crippen MR) is 119 cm³/mol. The van der Waals surface area contributed by atoms with Crippen LogP contribution in [0.4, 0.5) is 0 Å². The fourth-order valence-corrected chi connectivity index (χ4v) is 3.91. The normalized spacial score (nSPS) is 16.2. The Labute approximate surface area is 175 Å². The van der Waals surface area contributed by atoms with Crippen LogP contribution in [0.5, 0.6) is 5.75 Å². The van der Waals surface area contributed by atoms with Gasteiger partial charge in [0, 0.05) is 7.05 Å². The second kappa shape index (κ2) is 6.77. The van der Waals surface area contributed by atoms with Crippen LogP contribution in [0.25, 0.3) is 27.2 Å². The van der Waals surface area contributed by atoms with Crippen molar-refractivity contribution in [2.45, 2.75) is 13.3 Å². The van der Waals surface area contributed by atoms with Gasteiger partial charge in [0.05, 0.1) is 27.2 Å². The van der Waals surface area contributed by atoms with Crippen LogP contribution in [0.3, 0.4) is 0 Å². The summed E-state index contributed by atoms with van der Waals surface area (Å²) in [7, 11) is 1.37. The van der Waals surface area contributed by atoms with Crippen LogP contribution in [-0.4, -0.2) is 9.13 Å². The molecule has 1 aliphatic carbocycles. The molecule has 2 heterocycles. The van der Waals surface area contributed by atoms with E-state index < -0.39 is 22.2 Å². The summed E-state index contributed by atoms with van der Waals surface area (Å²) in [5.41, 5.74) is -1.64. The molecule has 7 nitrogen and oxygen atoms in total. The molecule has 5 rings (SSSR count). The smallest absolute Gasteiger partial charge is 0.266 e. The second-order valence-corrected chi connectivity index (χ2v) is 7.83. The molecular formula is C24H18N2O5. The fourth-order valence-electron chi connectivity index (χ4n) is 3.91. The zero-order valence-corrected chi connectivity index (χ0v) is 16.9. The van der Waals surface area contributed by atoms with Crippen LogP contribution in [0.15, 0.2) is 79.6 Å². The number of ether oxygens (including phenoxy) is 1. The van der Waals surface area contributed by atoms with Crippen molar-refractivity contribution >= 4 is 21.5 Å². The van der Waals surface area contributed by atoms with Crippen LogP contribution >= 0.6 is 0 Å². The van der Waals surface area contributed by atoms with E-state index in [9.17, 15) is 19.2 Å². The topological polar surface area (TPSA) is 87.4 Å². The Hall–Kier alpha value is -4.00. The molecule has 4 aromatic rings. The standard InChI is InChI=1S/C24H18N2O5/c1-13-3-7-15(8-4-13)31-16-9-5-14(6-10-16)26-23(29)19-11-17-18(12-20(19)24(26)30)22(28)25(2)21(17)27/h3,5-13H,4H2,1-2H3. The lowest BCUT2D eigenvalue weighted by Crippen LogP contribution is -2.23. The van der Waals surface area contributed by atoms with Crippen LogP contribution in [0.2, 0.25) is 0 Å². The van der Waals surface area contributed by atoms with Gasteiger partial charge < -0.3 is 4.74 Å². The first-order valence-electron chi connectivity index (χ1n) is 9.90. The van der Waals surface area contributed by atoms with Gasteiger partial charge in [0.2, 0.25) is 0 Å². The monoisotopic (exact) mass is 414 g/mol. The first-order chi connectivity index (χ1) is 14.8. The number of allylic oxidation sites excluding steroid dienone is 3. The van der Waals surface area contributed by atoms with Crippen LogP contribution in [0, 0.1) is 5.92 Å². The van der Waals surface area contributed by atoms with Crippen molar-refractivity contribution in [3.05, 3.63) is 102 Å². The molecule has 0 saturated carbocycles. The van der Waals surface area contributed by atoms with E-state index in [1.807, 2.05) is 12.2 Å². The summed E-state index contributed by atoms with van der Waals surface area (Å²) in [6, 6.07) is 9.32. The molecule has 1 unspecified atom stereocenters. The highest BCUT2D eigenvalue weighted by molar-refractivity contribution is 5.98. The number of hydrogen-bond acceptors (Lipinski definition) is 5. The summed E-state index contributed by atoms with van der Waals surface area (Å²) in [6.45, 7) is 2.12. The largest absolute Gasteiger partial charge is 0.458 e. The van der Waals surface area contributed by atoms with E-state index >= 15 is 0 Å². The quantitative estimate of drug-likeness (QED) is 0.513. The first-order valence-corrected chi connectivity index (χ1v) is 9.90. The molecule has 0 bridgehead atoms. The Morgan fingerprint density at radius 1 is 0.839 bits per heavy atom. The summed E-state index contributed by atoms with van der Waals surface area (Å²) >= 11 is 0. The lowest BCUT2D eigenvalue weighted by atomic mass is 10.0. The van der Waals surface area contributed by atoms with Gasteiger partial charge in [-0.2, -0.15) is 0 Å². The minimum Gasteiger partial charge on any atom is -0.458 e. The van der Waals surface area contributed by atoms with E-state index in [1.165, 1.54) is 19.2 Å². The van der Waals surface area contributed by atoms with Crippen molar-refractivity contribution in [3.63, 3.8) is 0 Å². The van der Waals surface area contributed by atoms with E-state index in [0.717, 1.165) is 21.3 Å². The minimum absolute atomic E-state index is 0.118. The van der Waals surface area contributed by atoms with Gasteiger partial charge in [0.1, 0.15) is 11.5 Å². The predicted octanol–water partition coefficient (Wildman–Crippen LogP) is 2.30. The molecule has 0 amide bonds. The highest BCUT2D eigenvalue weighted by atomic mass is 16.5. The molecule has 0 spiro atoms. The highest BCUT2D eigenvalue weighted by Gasteiger charge is 2.19. The van der Waals surface area contributed by atoms with E-state index in [-0.39, 0.29) is 21.5 Å². The molecule has 0 saturated heterocycles. The third kappa shape index (κ3) is 2.89. The van der Waals surface area contributed by atoms with Crippen LogP contribution < -0.4 is 27.0 Å². The number of rotatable bonds is 3. The van der Waals surface area contributed by atoms with E-state index in [4.69, 9.17) is 4.74 Å². The lowest BCUT2D eigenvalue weighted by Gasteiger charge is -2.13. The summed E-state index contributed by atoms with van der Waals surface area (Å²) < 4.78 is 7.85. The molecule has 2 aromatic heterocycles. The van der Waals surface area contributed by atoms with Crippen LogP contribution in [-0.2, 0) is 7.05 Å². The number of benzene rings is 2. The Morgan fingerprint density at radius 3 is 1.90 bits per heavy atom. The molecule has 0 aliphatic heterocycles. The van der Waals surface area contributed by atoms with Crippen molar-refractivity contribution < 1.29 is 4.74 Å². The summed E-state index contributed by atoms with van der Waals surface area (Å²) in [5.74, 6) is 1.82. The first kappa shape index (κ1) is 19.0. The maximum absolute atomic E-state index is 13.0. The summed E-state index contributed by atoms with van der Waals surface area (Å²) in [5, 5.41) is 0.515. The zero-order chi connectivity index (χ0) is 21.9. The van der Waals surface area contributed by atoms with Gasteiger partial charge in [0.15, 0.2) is 0 Å². The zero-order valence-electron chi connectivity index (χ0n) is 16.9. The number of fused-ring (bicyclic) bond motifs is 2. The minimum atomic E-state index is -0.529. The number of aromatic nitrogens is 2. The molecule has 154 valence electrons. The van der Waals surface area contributed by atoms with Gasteiger partial charge in [-0.05, 0) is 60.9 Å². The molecule has 7 heteroatoms. The Bertz CT molecular complexity index is 1550. The maximum Gasteiger partial charge on any atom is 0.266 e. The Kier molecular flexibility index (Phi) is 4.15. The SMILES string of the molecule is CC1C=CC(Oc2ccc(-n3c(=O)c4cc5c(=O)n(C)c(=O)c5cc4c3=O)cc2)=CC1.